The number of hydrogen-bond acceptors (Lipinski definition) is 3. The predicted molar refractivity (Wildman–Crippen MR) is 74.8 cm³/mol. The van der Waals surface area contributed by atoms with E-state index in [2.05, 4.69) is 13.8 Å². The molecule has 0 bridgehead atoms. The molecule has 0 saturated heterocycles. The molecule has 0 fully saturated rings. The van der Waals surface area contributed by atoms with E-state index in [1.165, 1.54) is 6.07 Å². The molecule has 0 aliphatic carbocycles. The minimum absolute atomic E-state index is 0.178. The maximum Gasteiger partial charge on any atom is 0.165 e. The van der Waals surface area contributed by atoms with E-state index < -0.39 is 0 Å². The van der Waals surface area contributed by atoms with Gasteiger partial charge in [-0.15, -0.1) is 0 Å². The Balaban J connectivity index is 2.30. The Bertz CT molecular complexity index is 380. The van der Waals surface area contributed by atoms with Crippen molar-refractivity contribution >= 4 is 0 Å². The summed E-state index contributed by atoms with van der Waals surface area (Å²) in [6, 6.07) is 4.63. The van der Waals surface area contributed by atoms with Crippen LogP contribution in [0.25, 0.3) is 0 Å². The van der Waals surface area contributed by atoms with Gasteiger partial charge in [-0.3, -0.25) is 0 Å². The van der Waals surface area contributed by atoms with Crippen molar-refractivity contribution in [2.45, 2.75) is 33.2 Å². The SMILES string of the molecule is CC(C)CCOCCOc1ccc([C@H](C)N)cc1F. The van der Waals surface area contributed by atoms with Crippen molar-refractivity contribution in [1.29, 1.82) is 0 Å². The van der Waals surface area contributed by atoms with Gasteiger partial charge in [-0.05, 0) is 37.0 Å². The molecular weight excluding hydrogens is 245 g/mol. The predicted octanol–water partition coefficient (Wildman–Crippen LogP) is 3.29. The first kappa shape index (κ1) is 15.9. The van der Waals surface area contributed by atoms with Gasteiger partial charge in [0.1, 0.15) is 6.61 Å². The minimum atomic E-state index is -0.378. The average Bonchev–Trinajstić information content (AvgIpc) is 2.34. The fourth-order valence-corrected chi connectivity index (χ4v) is 1.55. The van der Waals surface area contributed by atoms with Crippen LogP contribution in [0.15, 0.2) is 18.2 Å². The van der Waals surface area contributed by atoms with Gasteiger partial charge in [-0.25, -0.2) is 4.39 Å². The Labute approximate surface area is 114 Å². The second kappa shape index (κ2) is 8.12. The molecule has 0 amide bonds. The third kappa shape index (κ3) is 6.03. The lowest BCUT2D eigenvalue weighted by molar-refractivity contribution is 0.0913. The van der Waals surface area contributed by atoms with Gasteiger partial charge in [0.2, 0.25) is 0 Å². The Morgan fingerprint density at radius 1 is 1.16 bits per heavy atom. The fraction of sp³-hybridized carbons (Fsp3) is 0.600. The highest BCUT2D eigenvalue weighted by Crippen LogP contribution is 2.20. The summed E-state index contributed by atoms with van der Waals surface area (Å²) < 4.78 is 24.4. The van der Waals surface area contributed by atoms with E-state index in [4.69, 9.17) is 15.2 Å². The molecule has 0 spiro atoms. The van der Waals surface area contributed by atoms with Crippen LogP contribution in [0.5, 0.6) is 5.75 Å². The van der Waals surface area contributed by atoms with Gasteiger partial charge in [-0.1, -0.05) is 19.9 Å². The molecule has 1 rings (SSSR count). The number of hydrogen-bond donors (Lipinski definition) is 1. The van der Waals surface area contributed by atoms with Crippen molar-refractivity contribution in [3.8, 4) is 5.75 Å². The van der Waals surface area contributed by atoms with Crippen LogP contribution in [0, 0.1) is 11.7 Å². The molecule has 1 atom stereocenters. The summed E-state index contributed by atoms with van der Waals surface area (Å²) in [6.07, 6.45) is 1.03. The number of rotatable bonds is 8. The van der Waals surface area contributed by atoms with Crippen LogP contribution >= 0.6 is 0 Å². The summed E-state index contributed by atoms with van der Waals surface area (Å²) in [4.78, 5) is 0. The Kier molecular flexibility index (Phi) is 6.81. The minimum Gasteiger partial charge on any atom is -0.488 e. The number of benzene rings is 1. The van der Waals surface area contributed by atoms with Crippen molar-refractivity contribution in [3.63, 3.8) is 0 Å². The molecule has 4 heteroatoms. The highest BCUT2D eigenvalue weighted by Gasteiger charge is 2.07. The molecule has 0 heterocycles. The standard InChI is InChI=1S/C15H24FNO2/c1-11(2)6-7-18-8-9-19-15-5-4-13(12(3)17)10-14(15)16/h4-5,10-12H,6-9,17H2,1-3H3/t12-/m0/s1. The number of nitrogens with two attached hydrogens (primary N) is 1. The first-order chi connectivity index (χ1) is 9.00. The third-order valence-electron chi connectivity index (χ3n) is 2.81. The van der Waals surface area contributed by atoms with Crippen molar-refractivity contribution in [1.82, 2.24) is 0 Å². The van der Waals surface area contributed by atoms with E-state index in [9.17, 15) is 4.39 Å². The second-order valence-corrected chi connectivity index (χ2v) is 5.12. The lowest BCUT2D eigenvalue weighted by atomic mass is 10.1. The second-order valence-electron chi connectivity index (χ2n) is 5.12. The topological polar surface area (TPSA) is 44.5 Å². The van der Waals surface area contributed by atoms with E-state index in [-0.39, 0.29) is 17.6 Å². The maximum atomic E-state index is 13.7. The molecule has 108 valence electrons. The van der Waals surface area contributed by atoms with Gasteiger partial charge in [0.15, 0.2) is 11.6 Å². The van der Waals surface area contributed by atoms with Gasteiger partial charge in [0.25, 0.3) is 0 Å². The van der Waals surface area contributed by atoms with E-state index >= 15 is 0 Å². The molecule has 1 aromatic carbocycles. The van der Waals surface area contributed by atoms with Crippen LogP contribution in [-0.2, 0) is 4.74 Å². The molecule has 0 aromatic heterocycles. The van der Waals surface area contributed by atoms with E-state index in [1.54, 1.807) is 12.1 Å². The summed E-state index contributed by atoms with van der Waals surface area (Å²) in [7, 11) is 0. The highest BCUT2D eigenvalue weighted by atomic mass is 19.1. The lowest BCUT2D eigenvalue weighted by Gasteiger charge is -2.11. The van der Waals surface area contributed by atoms with Gasteiger partial charge in [-0.2, -0.15) is 0 Å². The van der Waals surface area contributed by atoms with Gasteiger partial charge in [0.05, 0.1) is 6.61 Å². The van der Waals surface area contributed by atoms with Crippen molar-refractivity contribution < 1.29 is 13.9 Å². The molecule has 19 heavy (non-hydrogen) atoms. The first-order valence-corrected chi connectivity index (χ1v) is 6.76. The zero-order chi connectivity index (χ0) is 14.3. The molecular formula is C15H24FNO2. The molecule has 0 saturated carbocycles. The summed E-state index contributed by atoms with van der Waals surface area (Å²) in [5, 5.41) is 0. The molecule has 3 nitrogen and oxygen atoms in total. The normalized spacial score (nSPS) is 12.7. The number of ether oxygens (including phenoxy) is 2. The largest absolute Gasteiger partial charge is 0.488 e. The zero-order valence-corrected chi connectivity index (χ0v) is 12.0. The Hall–Kier alpha value is -1.13. The van der Waals surface area contributed by atoms with Crippen LogP contribution < -0.4 is 10.5 Å². The van der Waals surface area contributed by atoms with Crippen LogP contribution in [0.3, 0.4) is 0 Å². The zero-order valence-electron chi connectivity index (χ0n) is 12.0. The summed E-state index contributed by atoms with van der Waals surface area (Å²) in [5.74, 6) is 0.498. The molecule has 1 aromatic rings. The van der Waals surface area contributed by atoms with Crippen LogP contribution in [-0.4, -0.2) is 19.8 Å². The summed E-state index contributed by atoms with van der Waals surface area (Å²) >= 11 is 0. The van der Waals surface area contributed by atoms with Crippen molar-refractivity contribution in [2.75, 3.05) is 19.8 Å². The molecule has 0 unspecified atom stereocenters. The summed E-state index contributed by atoms with van der Waals surface area (Å²) in [6.45, 7) is 7.66. The summed E-state index contributed by atoms with van der Waals surface area (Å²) in [5.41, 5.74) is 6.45. The van der Waals surface area contributed by atoms with E-state index in [1.807, 2.05) is 6.92 Å². The average molecular weight is 269 g/mol. The van der Waals surface area contributed by atoms with Crippen molar-refractivity contribution in [3.05, 3.63) is 29.6 Å². The molecule has 0 aliphatic heterocycles. The number of halogens is 1. The van der Waals surface area contributed by atoms with Crippen LogP contribution in [0.2, 0.25) is 0 Å². The van der Waals surface area contributed by atoms with Gasteiger partial charge in [0, 0.05) is 12.6 Å². The van der Waals surface area contributed by atoms with Gasteiger partial charge < -0.3 is 15.2 Å². The first-order valence-electron chi connectivity index (χ1n) is 6.76. The fourth-order valence-electron chi connectivity index (χ4n) is 1.55. The monoisotopic (exact) mass is 269 g/mol. The van der Waals surface area contributed by atoms with E-state index in [0.29, 0.717) is 25.7 Å². The molecule has 0 aliphatic rings. The van der Waals surface area contributed by atoms with Crippen LogP contribution in [0.1, 0.15) is 38.8 Å². The Morgan fingerprint density at radius 3 is 2.47 bits per heavy atom. The third-order valence-corrected chi connectivity index (χ3v) is 2.81. The smallest absolute Gasteiger partial charge is 0.165 e. The quantitative estimate of drug-likeness (QED) is 0.736. The molecule has 0 radical (unpaired) electrons. The maximum absolute atomic E-state index is 13.7. The Morgan fingerprint density at radius 2 is 1.89 bits per heavy atom. The van der Waals surface area contributed by atoms with Crippen LogP contribution in [0.4, 0.5) is 4.39 Å². The van der Waals surface area contributed by atoms with Crippen molar-refractivity contribution in [2.24, 2.45) is 11.7 Å². The van der Waals surface area contributed by atoms with E-state index in [0.717, 1.165) is 12.0 Å². The van der Waals surface area contributed by atoms with Gasteiger partial charge >= 0.3 is 0 Å². The highest BCUT2D eigenvalue weighted by molar-refractivity contribution is 5.30. The molecule has 2 N–H and O–H groups in total. The lowest BCUT2D eigenvalue weighted by Crippen LogP contribution is -2.10.